The molecule has 3 N–H and O–H groups in total. The maximum Gasteiger partial charge on any atom is 0.220 e. The molecule has 0 bridgehead atoms. The van der Waals surface area contributed by atoms with Gasteiger partial charge in [0.1, 0.15) is 5.82 Å². The molecule has 1 aromatic rings. The number of rotatable bonds is 5. The van der Waals surface area contributed by atoms with Crippen LogP contribution in [0.15, 0.2) is 18.2 Å². The van der Waals surface area contributed by atoms with Crippen LogP contribution in [0.3, 0.4) is 0 Å². The standard InChI is InChI=1S/C13H18ClFN2O/c1-13(2,16)8-17-12(18)6-4-9-3-5-10(14)11(15)7-9/h3,5,7H,4,6,8,16H2,1-2H3,(H,17,18). The van der Waals surface area contributed by atoms with Gasteiger partial charge in [0.2, 0.25) is 5.91 Å². The van der Waals surface area contributed by atoms with E-state index in [1.54, 1.807) is 6.07 Å². The predicted octanol–water partition coefficient (Wildman–Crippen LogP) is 2.27. The highest BCUT2D eigenvalue weighted by atomic mass is 35.5. The quantitative estimate of drug-likeness (QED) is 0.864. The summed E-state index contributed by atoms with van der Waals surface area (Å²) in [5.41, 5.74) is 6.07. The Labute approximate surface area is 112 Å². The second-order valence-corrected chi connectivity index (χ2v) is 5.42. The van der Waals surface area contributed by atoms with Crippen molar-refractivity contribution in [2.24, 2.45) is 5.73 Å². The number of hydrogen-bond donors (Lipinski definition) is 2. The van der Waals surface area contributed by atoms with E-state index < -0.39 is 11.4 Å². The lowest BCUT2D eigenvalue weighted by atomic mass is 10.1. The molecular weight excluding hydrogens is 255 g/mol. The Hall–Kier alpha value is -1.13. The largest absolute Gasteiger partial charge is 0.354 e. The van der Waals surface area contributed by atoms with Crippen molar-refractivity contribution in [3.05, 3.63) is 34.6 Å². The number of nitrogens with two attached hydrogens (primary N) is 1. The Balaban J connectivity index is 2.40. The summed E-state index contributed by atoms with van der Waals surface area (Å²) in [6, 6.07) is 4.56. The second-order valence-electron chi connectivity index (χ2n) is 5.01. The predicted molar refractivity (Wildman–Crippen MR) is 71.0 cm³/mol. The van der Waals surface area contributed by atoms with Crippen molar-refractivity contribution in [1.82, 2.24) is 5.32 Å². The molecule has 5 heteroatoms. The zero-order valence-corrected chi connectivity index (χ0v) is 11.4. The van der Waals surface area contributed by atoms with Crippen molar-refractivity contribution in [3.63, 3.8) is 0 Å². The van der Waals surface area contributed by atoms with E-state index in [0.717, 1.165) is 5.56 Å². The van der Waals surface area contributed by atoms with Crippen LogP contribution in [0.4, 0.5) is 4.39 Å². The number of aryl methyl sites for hydroxylation is 1. The van der Waals surface area contributed by atoms with Crippen molar-refractivity contribution < 1.29 is 9.18 Å². The first-order chi connectivity index (χ1) is 8.28. The fourth-order valence-corrected chi connectivity index (χ4v) is 1.49. The van der Waals surface area contributed by atoms with Gasteiger partial charge in [0.25, 0.3) is 0 Å². The van der Waals surface area contributed by atoms with Crippen molar-refractivity contribution >= 4 is 17.5 Å². The number of carbonyl (C=O) groups excluding carboxylic acids is 1. The van der Waals surface area contributed by atoms with Crippen LogP contribution in [-0.2, 0) is 11.2 Å². The molecular formula is C13H18ClFN2O. The molecule has 0 saturated carbocycles. The van der Waals surface area contributed by atoms with Gasteiger partial charge in [-0.1, -0.05) is 17.7 Å². The third kappa shape index (κ3) is 5.47. The monoisotopic (exact) mass is 272 g/mol. The highest BCUT2D eigenvalue weighted by molar-refractivity contribution is 6.30. The third-order valence-electron chi connectivity index (χ3n) is 2.37. The van der Waals surface area contributed by atoms with Crippen LogP contribution in [0.5, 0.6) is 0 Å². The highest BCUT2D eigenvalue weighted by Gasteiger charge is 2.12. The molecule has 18 heavy (non-hydrogen) atoms. The number of carbonyl (C=O) groups is 1. The maximum atomic E-state index is 13.2. The molecule has 0 spiro atoms. The second kappa shape index (κ2) is 6.16. The summed E-state index contributed by atoms with van der Waals surface area (Å²) < 4.78 is 13.2. The van der Waals surface area contributed by atoms with Gasteiger partial charge in [0, 0.05) is 18.5 Å². The summed E-state index contributed by atoms with van der Waals surface area (Å²) in [7, 11) is 0. The molecule has 3 nitrogen and oxygen atoms in total. The number of amides is 1. The Morgan fingerprint density at radius 1 is 1.50 bits per heavy atom. The molecule has 100 valence electrons. The average molecular weight is 273 g/mol. The van der Waals surface area contributed by atoms with Gasteiger partial charge in [-0.05, 0) is 38.0 Å². The summed E-state index contributed by atoms with van der Waals surface area (Å²) >= 11 is 5.58. The molecule has 0 radical (unpaired) electrons. The van der Waals surface area contributed by atoms with Crippen molar-refractivity contribution in [2.75, 3.05) is 6.54 Å². The van der Waals surface area contributed by atoms with Crippen LogP contribution in [0, 0.1) is 5.82 Å². The van der Waals surface area contributed by atoms with E-state index in [-0.39, 0.29) is 10.9 Å². The van der Waals surface area contributed by atoms with Gasteiger partial charge in [-0.3, -0.25) is 4.79 Å². The van der Waals surface area contributed by atoms with Crippen molar-refractivity contribution in [2.45, 2.75) is 32.2 Å². The zero-order chi connectivity index (χ0) is 13.8. The van der Waals surface area contributed by atoms with E-state index in [1.165, 1.54) is 12.1 Å². The molecule has 0 fully saturated rings. The SMILES string of the molecule is CC(C)(N)CNC(=O)CCc1ccc(Cl)c(F)c1. The van der Waals surface area contributed by atoms with E-state index in [9.17, 15) is 9.18 Å². The summed E-state index contributed by atoms with van der Waals surface area (Å²) in [6.45, 7) is 4.09. The fourth-order valence-electron chi connectivity index (χ4n) is 1.37. The number of benzene rings is 1. The maximum absolute atomic E-state index is 13.2. The van der Waals surface area contributed by atoms with Gasteiger partial charge in [-0.25, -0.2) is 4.39 Å². The van der Waals surface area contributed by atoms with Crippen LogP contribution in [0.25, 0.3) is 0 Å². The minimum atomic E-state index is -0.460. The zero-order valence-electron chi connectivity index (χ0n) is 10.6. The number of nitrogens with one attached hydrogen (secondary N) is 1. The molecule has 0 aliphatic rings. The van der Waals surface area contributed by atoms with Gasteiger partial charge in [-0.15, -0.1) is 0 Å². The summed E-state index contributed by atoms with van der Waals surface area (Å²) in [5, 5.41) is 2.83. The van der Waals surface area contributed by atoms with Gasteiger partial charge in [-0.2, -0.15) is 0 Å². The molecule has 0 aromatic heterocycles. The average Bonchev–Trinajstić information content (AvgIpc) is 2.27. The van der Waals surface area contributed by atoms with Gasteiger partial charge < -0.3 is 11.1 Å². The van der Waals surface area contributed by atoms with Crippen molar-refractivity contribution in [3.8, 4) is 0 Å². The lowest BCUT2D eigenvalue weighted by Crippen LogP contribution is -2.45. The minimum absolute atomic E-state index is 0.0908. The van der Waals surface area contributed by atoms with E-state index in [2.05, 4.69) is 5.32 Å². The lowest BCUT2D eigenvalue weighted by Gasteiger charge is -2.18. The van der Waals surface area contributed by atoms with Gasteiger partial charge >= 0.3 is 0 Å². The Morgan fingerprint density at radius 3 is 2.72 bits per heavy atom. The van der Waals surface area contributed by atoms with Crippen LogP contribution >= 0.6 is 11.6 Å². The van der Waals surface area contributed by atoms with Crippen LogP contribution in [0.1, 0.15) is 25.8 Å². The topological polar surface area (TPSA) is 55.1 Å². The molecule has 0 heterocycles. The third-order valence-corrected chi connectivity index (χ3v) is 2.67. The molecule has 1 aromatic carbocycles. The van der Waals surface area contributed by atoms with Crippen LogP contribution in [0.2, 0.25) is 5.02 Å². The molecule has 0 atom stereocenters. The van der Waals surface area contributed by atoms with Crippen LogP contribution in [-0.4, -0.2) is 18.0 Å². The molecule has 0 unspecified atom stereocenters. The first kappa shape index (κ1) is 14.9. The first-order valence-electron chi connectivity index (χ1n) is 5.77. The summed E-state index contributed by atoms with van der Waals surface area (Å²) in [5.74, 6) is -0.554. The van der Waals surface area contributed by atoms with Gasteiger partial charge in [0.05, 0.1) is 5.02 Å². The van der Waals surface area contributed by atoms with E-state index >= 15 is 0 Å². The number of halogens is 2. The molecule has 0 aliphatic heterocycles. The highest BCUT2D eigenvalue weighted by Crippen LogP contribution is 2.16. The van der Waals surface area contributed by atoms with Crippen LogP contribution < -0.4 is 11.1 Å². The molecule has 1 rings (SSSR count). The summed E-state index contributed by atoms with van der Waals surface area (Å²) in [4.78, 5) is 11.5. The summed E-state index contributed by atoms with van der Waals surface area (Å²) in [6.07, 6.45) is 0.780. The Bertz CT molecular complexity index is 429. The Morgan fingerprint density at radius 2 is 2.17 bits per heavy atom. The van der Waals surface area contributed by atoms with Crippen molar-refractivity contribution in [1.29, 1.82) is 0 Å². The molecule has 0 saturated heterocycles. The van der Waals surface area contributed by atoms with E-state index in [1.807, 2.05) is 13.8 Å². The minimum Gasteiger partial charge on any atom is -0.354 e. The normalized spacial score (nSPS) is 11.4. The molecule has 1 amide bonds. The molecule has 0 aliphatic carbocycles. The Kier molecular flexibility index (Phi) is 5.11. The lowest BCUT2D eigenvalue weighted by molar-refractivity contribution is -0.121. The van der Waals surface area contributed by atoms with Gasteiger partial charge in [0.15, 0.2) is 0 Å². The van der Waals surface area contributed by atoms with E-state index in [4.69, 9.17) is 17.3 Å². The van der Waals surface area contributed by atoms with E-state index in [0.29, 0.717) is 19.4 Å². The number of hydrogen-bond acceptors (Lipinski definition) is 2. The fraction of sp³-hybridized carbons (Fsp3) is 0.462. The smallest absolute Gasteiger partial charge is 0.220 e. The first-order valence-corrected chi connectivity index (χ1v) is 6.15.